The van der Waals surface area contributed by atoms with Crippen molar-refractivity contribution in [3.05, 3.63) is 65.7 Å². The van der Waals surface area contributed by atoms with Crippen LogP contribution in [-0.2, 0) is 22.0 Å². The van der Waals surface area contributed by atoms with Crippen LogP contribution >= 0.6 is 0 Å². The topological polar surface area (TPSA) is 17.1 Å². The fourth-order valence-electron chi connectivity index (χ4n) is 2.09. The third kappa shape index (κ3) is 3.54. The van der Waals surface area contributed by atoms with Crippen molar-refractivity contribution in [1.29, 1.82) is 0 Å². The summed E-state index contributed by atoms with van der Waals surface area (Å²) in [6, 6.07) is 18.1. The second-order valence-corrected chi connectivity index (χ2v) is 7.14. The molecule has 1 nitrogen and oxygen atoms in total. The summed E-state index contributed by atoms with van der Waals surface area (Å²) >= 11 is 0. The lowest BCUT2D eigenvalue weighted by Gasteiger charge is -2.22. The molecule has 0 fully saturated rings. The number of rotatable bonds is 3. The average Bonchev–Trinajstić information content (AvgIpc) is 2.39. The smallest absolute Gasteiger partial charge is 0.0577 e. The first-order chi connectivity index (χ1) is 8.98. The lowest BCUT2D eigenvalue weighted by Crippen LogP contribution is -2.15. The maximum Gasteiger partial charge on any atom is 0.0577 e. The van der Waals surface area contributed by atoms with Crippen molar-refractivity contribution in [2.45, 2.75) is 36.8 Å². The van der Waals surface area contributed by atoms with Crippen molar-refractivity contribution in [2.75, 3.05) is 0 Å². The minimum Gasteiger partial charge on any atom is -0.254 e. The summed E-state index contributed by atoms with van der Waals surface area (Å²) in [6.45, 7) is 6.47. The van der Waals surface area contributed by atoms with E-state index in [9.17, 15) is 4.21 Å². The van der Waals surface area contributed by atoms with Gasteiger partial charge in [-0.05, 0) is 22.6 Å². The SMILES string of the molecule is CC(C)(C)c1ccccc1[S@](=O)Cc1ccccc1. The third-order valence-corrected chi connectivity index (χ3v) is 4.52. The minimum atomic E-state index is -0.992. The molecule has 0 aliphatic carbocycles. The van der Waals surface area contributed by atoms with Crippen LogP contribution in [0.1, 0.15) is 31.9 Å². The summed E-state index contributed by atoms with van der Waals surface area (Å²) in [7, 11) is -0.992. The molecule has 2 aromatic rings. The highest BCUT2D eigenvalue weighted by atomic mass is 32.2. The summed E-state index contributed by atoms with van der Waals surface area (Å²) in [5, 5.41) is 0. The van der Waals surface area contributed by atoms with Gasteiger partial charge in [0, 0.05) is 4.90 Å². The molecule has 0 N–H and O–H groups in total. The molecule has 0 spiro atoms. The second kappa shape index (κ2) is 5.70. The lowest BCUT2D eigenvalue weighted by molar-refractivity contribution is 0.575. The zero-order valence-corrected chi connectivity index (χ0v) is 12.5. The van der Waals surface area contributed by atoms with E-state index < -0.39 is 10.8 Å². The van der Waals surface area contributed by atoms with Crippen molar-refractivity contribution < 1.29 is 4.21 Å². The maximum atomic E-state index is 12.6. The molecule has 100 valence electrons. The van der Waals surface area contributed by atoms with Gasteiger partial charge in [0.1, 0.15) is 0 Å². The van der Waals surface area contributed by atoms with Gasteiger partial charge >= 0.3 is 0 Å². The minimum absolute atomic E-state index is 0.0168. The van der Waals surface area contributed by atoms with Crippen molar-refractivity contribution in [3.8, 4) is 0 Å². The highest BCUT2D eigenvalue weighted by molar-refractivity contribution is 7.84. The molecule has 0 saturated heterocycles. The Morgan fingerprint density at radius 3 is 2.11 bits per heavy atom. The summed E-state index contributed by atoms with van der Waals surface area (Å²) in [5.74, 6) is 0.577. The van der Waals surface area contributed by atoms with E-state index in [-0.39, 0.29) is 5.41 Å². The van der Waals surface area contributed by atoms with E-state index in [1.807, 2.05) is 48.5 Å². The molecule has 0 radical (unpaired) electrons. The van der Waals surface area contributed by atoms with E-state index in [0.29, 0.717) is 5.75 Å². The van der Waals surface area contributed by atoms with E-state index in [1.165, 1.54) is 5.56 Å². The quantitative estimate of drug-likeness (QED) is 0.814. The third-order valence-electron chi connectivity index (χ3n) is 3.08. The first kappa shape index (κ1) is 14.0. The van der Waals surface area contributed by atoms with Gasteiger partial charge < -0.3 is 0 Å². The molecule has 0 heterocycles. The number of hydrogen-bond donors (Lipinski definition) is 0. The Morgan fingerprint density at radius 1 is 0.895 bits per heavy atom. The van der Waals surface area contributed by atoms with Crippen molar-refractivity contribution in [3.63, 3.8) is 0 Å². The van der Waals surface area contributed by atoms with Gasteiger partial charge in [-0.25, -0.2) is 0 Å². The van der Waals surface area contributed by atoms with Crippen LogP contribution in [0.25, 0.3) is 0 Å². The van der Waals surface area contributed by atoms with Crippen LogP contribution in [0.15, 0.2) is 59.5 Å². The van der Waals surface area contributed by atoms with Gasteiger partial charge in [0.25, 0.3) is 0 Å². The van der Waals surface area contributed by atoms with Gasteiger partial charge in [-0.3, -0.25) is 4.21 Å². The van der Waals surface area contributed by atoms with Crippen LogP contribution in [-0.4, -0.2) is 4.21 Å². The number of benzene rings is 2. The summed E-state index contributed by atoms with van der Waals surface area (Å²) < 4.78 is 12.6. The Labute approximate surface area is 118 Å². The van der Waals surface area contributed by atoms with Gasteiger partial charge in [-0.1, -0.05) is 69.3 Å². The predicted octanol–water partition coefficient (Wildman–Crippen LogP) is 4.29. The fraction of sp³-hybridized carbons (Fsp3) is 0.294. The molecule has 2 rings (SSSR count). The zero-order valence-electron chi connectivity index (χ0n) is 11.7. The Kier molecular flexibility index (Phi) is 4.20. The Morgan fingerprint density at radius 2 is 1.47 bits per heavy atom. The molecule has 0 aliphatic rings. The molecule has 0 unspecified atom stereocenters. The Balaban J connectivity index is 2.30. The monoisotopic (exact) mass is 272 g/mol. The lowest BCUT2D eigenvalue weighted by atomic mass is 9.87. The van der Waals surface area contributed by atoms with E-state index in [1.54, 1.807) is 0 Å². The molecule has 2 heteroatoms. The molecule has 19 heavy (non-hydrogen) atoms. The molecule has 0 saturated carbocycles. The van der Waals surface area contributed by atoms with Crippen LogP contribution < -0.4 is 0 Å². The van der Waals surface area contributed by atoms with Crippen LogP contribution in [0.2, 0.25) is 0 Å². The first-order valence-corrected chi connectivity index (χ1v) is 7.82. The molecule has 1 atom stereocenters. The van der Waals surface area contributed by atoms with Crippen LogP contribution in [0.5, 0.6) is 0 Å². The van der Waals surface area contributed by atoms with Gasteiger partial charge in [0.15, 0.2) is 0 Å². The maximum absolute atomic E-state index is 12.6. The zero-order chi connectivity index (χ0) is 13.9. The molecule has 0 bridgehead atoms. The van der Waals surface area contributed by atoms with Gasteiger partial charge in [-0.15, -0.1) is 0 Å². The summed E-state index contributed by atoms with van der Waals surface area (Å²) in [6.07, 6.45) is 0. The predicted molar refractivity (Wildman–Crippen MR) is 81.7 cm³/mol. The van der Waals surface area contributed by atoms with Crippen LogP contribution in [0.3, 0.4) is 0 Å². The van der Waals surface area contributed by atoms with Crippen molar-refractivity contribution in [1.82, 2.24) is 0 Å². The van der Waals surface area contributed by atoms with Gasteiger partial charge in [0.2, 0.25) is 0 Å². The van der Waals surface area contributed by atoms with Crippen LogP contribution in [0, 0.1) is 0 Å². The average molecular weight is 272 g/mol. The molecule has 2 aromatic carbocycles. The Bertz CT molecular complexity index is 567. The van der Waals surface area contributed by atoms with E-state index >= 15 is 0 Å². The molecule has 0 amide bonds. The Hall–Kier alpha value is -1.41. The largest absolute Gasteiger partial charge is 0.254 e. The van der Waals surface area contributed by atoms with Gasteiger partial charge in [0.05, 0.1) is 16.6 Å². The molecule has 0 aromatic heterocycles. The summed E-state index contributed by atoms with van der Waals surface area (Å²) in [5.41, 5.74) is 2.30. The molecular weight excluding hydrogens is 252 g/mol. The highest BCUT2D eigenvalue weighted by Gasteiger charge is 2.20. The highest BCUT2D eigenvalue weighted by Crippen LogP contribution is 2.28. The normalized spacial score (nSPS) is 13.2. The van der Waals surface area contributed by atoms with Gasteiger partial charge in [-0.2, -0.15) is 0 Å². The number of hydrogen-bond acceptors (Lipinski definition) is 1. The van der Waals surface area contributed by atoms with E-state index in [2.05, 4.69) is 26.8 Å². The first-order valence-electron chi connectivity index (χ1n) is 6.50. The second-order valence-electron chi connectivity index (χ2n) is 5.72. The van der Waals surface area contributed by atoms with E-state index in [0.717, 1.165) is 10.5 Å². The van der Waals surface area contributed by atoms with Crippen molar-refractivity contribution >= 4 is 10.8 Å². The fourth-order valence-corrected chi connectivity index (χ4v) is 3.59. The standard InChI is InChI=1S/C17H20OS/c1-17(2,3)15-11-7-8-12-16(15)19(18)13-14-9-5-4-6-10-14/h4-12H,13H2,1-3H3/t19-/m1/s1. The van der Waals surface area contributed by atoms with E-state index in [4.69, 9.17) is 0 Å². The summed E-state index contributed by atoms with van der Waals surface area (Å²) in [4.78, 5) is 0.957. The van der Waals surface area contributed by atoms with Crippen molar-refractivity contribution in [2.24, 2.45) is 0 Å². The molecular formula is C17H20OS. The van der Waals surface area contributed by atoms with Crippen LogP contribution in [0.4, 0.5) is 0 Å². The molecule has 0 aliphatic heterocycles.